The van der Waals surface area contributed by atoms with Crippen molar-refractivity contribution in [3.8, 4) is 5.75 Å². The molecule has 0 atom stereocenters. The zero-order valence-electron chi connectivity index (χ0n) is 9.56. The molecule has 2 N–H and O–H groups in total. The number of hydrogen-bond acceptors (Lipinski definition) is 2. The number of hydrogen-bond donors (Lipinski definition) is 1. The Balaban J connectivity index is 0.00000108. The van der Waals surface area contributed by atoms with E-state index in [2.05, 4.69) is 24.3 Å². The van der Waals surface area contributed by atoms with Crippen LogP contribution in [0.1, 0.15) is 12.8 Å². The summed E-state index contributed by atoms with van der Waals surface area (Å²) in [6, 6.07) is 14.4. The van der Waals surface area contributed by atoms with Crippen LogP contribution < -0.4 is 10.5 Å². The third kappa shape index (κ3) is 2.71. The van der Waals surface area contributed by atoms with Crippen molar-refractivity contribution >= 4 is 23.2 Å². The minimum atomic E-state index is -0.0500. The molecule has 2 aromatic carbocycles. The van der Waals surface area contributed by atoms with Crippen molar-refractivity contribution in [2.75, 3.05) is 6.61 Å². The van der Waals surface area contributed by atoms with Crippen LogP contribution in [0, 0.1) is 0 Å². The highest BCUT2D eigenvalue weighted by Crippen LogP contribution is 2.33. The molecular weight excluding hydrogens is 234 g/mol. The van der Waals surface area contributed by atoms with E-state index in [4.69, 9.17) is 10.5 Å². The van der Waals surface area contributed by atoms with Crippen molar-refractivity contribution < 1.29 is 4.74 Å². The van der Waals surface area contributed by atoms with Crippen LogP contribution in [0.5, 0.6) is 5.75 Å². The Morgan fingerprint density at radius 2 is 1.76 bits per heavy atom. The van der Waals surface area contributed by atoms with Crippen molar-refractivity contribution in [1.29, 1.82) is 0 Å². The summed E-state index contributed by atoms with van der Waals surface area (Å²) in [5.41, 5.74) is 5.93. The van der Waals surface area contributed by atoms with Gasteiger partial charge >= 0.3 is 0 Å². The summed E-state index contributed by atoms with van der Waals surface area (Å²) in [5.74, 6) is 0.912. The normalized spacial score (nSPS) is 16.3. The second kappa shape index (κ2) is 4.55. The molecule has 3 rings (SSSR count). The maximum absolute atomic E-state index is 5.98. The number of fused-ring (bicyclic) bond motifs is 1. The quantitative estimate of drug-likeness (QED) is 0.907. The van der Waals surface area contributed by atoms with Gasteiger partial charge in [-0.1, -0.05) is 30.3 Å². The zero-order chi connectivity index (χ0) is 11.0. The first-order chi connectivity index (χ1) is 7.75. The van der Waals surface area contributed by atoms with Gasteiger partial charge in [0.15, 0.2) is 0 Å². The van der Waals surface area contributed by atoms with E-state index in [-0.39, 0.29) is 17.9 Å². The summed E-state index contributed by atoms with van der Waals surface area (Å²) >= 11 is 0. The van der Waals surface area contributed by atoms with Gasteiger partial charge < -0.3 is 10.5 Å². The van der Waals surface area contributed by atoms with Crippen molar-refractivity contribution in [3.05, 3.63) is 42.5 Å². The van der Waals surface area contributed by atoms with Gasteiger partial charge in [-0.3, -0.25) is 0 Å². The molecule has 0 unspecified atom stereocenters. The monoisotopic (exact) mass is 249 g/mol. The van der Waals surface area contributed by atoms with Crippen LogP contribution >= 0.6 is 12.4 Å². The Kier molecular flexibility index (Phi) is 3.27. The van der Waals surface area contributed by atoms with Crippen LogP contribution in [0.15, 0.2) is 42.5 Å². The van der Waals surface area contributed by atoms with Gasteiger partial charge in [0.2, 0.25) is 0 Å². The standard InChI is InChI=1S/C14H15NO.ClH/c15-14(7-8-14)10-16-13-6-5-11-3-1-2-4-12(11)9-13;/h1-6,9H,7-8,10,15H2;1H. The molecule has 1 fully saturated rings. The van der Waals surface area contributed by atoms with E-state index >= 15 is 0 Å². The second-order valence-electron chi connectivity index (χ2n) is 4.66. The molecule has 0 heterocycles. The van der Waals surface area contributed by atoms with E-state index in [1.165, 1.54) is 10.8 Å². The van der Waals surface area contributed by atoms with Crippen LogP contribution in [0.4, 0.5) is 0 Å². The van der Waals surface area contributed by atoms with E-state index in [9.17, 15) is 0 Å². The van der Waals surface area contributed by atoms with Gasteiger partial charge in [-0.2, -0.15) is 0 Å². The number of rotatable bonds is 3. The minimum absolute atomic E-state index is 0. The number of halogens is 1. The lowest BCUT2D eigenvalue weighted by atomic mass is 10.1. The van der Waals surface area contributed by atoms with Crippen LogP contribution in [0.25, 0.3) is 10.8 Å². The summed E-state index contributed by atoms with van der Waals surface area (Å²) in [4.78, 5) is 0. The first-order valence-corrected chi connectivity index (χ1v) is 5.66. The maximum Gasteiger partial charge on any atom is 0.120 e. The zero-order valence-corrected chi connectivity index (χ0v) is 10.4. The van der Waals surface area contributed by atoms with Crippen LogP contribution in [-0.4, -0.2) is 12.1 Å². The third-order valence-corrected chi connectivity index (χ3v) is 3.14. The second-order valence-corrected chi connectivity index (χ2v) is 4.66. The van der Waals surface area contributed by atoms with E-state index in [1.807, 2.05) is 18.2 Å². The van der Waals surface area contributed by atoms with Gasteiger partial charge in [0.1, 0.15) is 12.4 Å². The highest BCUT2D eigenvalue weighted by atomic mass is 35.5. The Morgan fingerprint density at radius 1 is 1.06 bits per heavy atom. The van der Waals surface area contributed by atoms with Crippen LogP contribution in [0.2, 0.25) is 0 Å². The van der Waals surface area contributed by atoms with Crippen molar-refractivity contribution in [2.45, 2.75) is 18.4 Å². The molecule has 0 bridgehead atoms. The number of benzene rings is 2. The Bertz CT molecular complexity index is 522. The average Bonchev–Trinajstić information content (AvgIpc) is 3.05. The molecular formula is C14H16ClNO. The van der Waals surface area contributed by atoms with Gasteiger partial charge in [0.05, 0.1) is 5.54 Å². The summed E-state index contributed by atoms with van der Waals surface area (Å²) in [6.45, 7) is 0.630. The topological polar surface area (TPSA) is 35.2 Å². The van der Waals surface area contributed by atoms with E-state index in [1.54, 1.807) is 0 Å². The molecule has 2 nitrogen and oxygen atoms in total. The van der Waals surface area contributed by atoms with Gasteiger partial charge in [-0.05, 0) is 35.7 Å². The maximum atomic E-state index is 5.98. The fraction of sp³-hybridized carbons (Fsp3) is 0.286. The first kappa shape index (κ1) is 12.2. The predicted octanol–water partition coefficient (Wildman–Crippen LogP) is 3.13. The molecule has 1 aliphatic rings. The fourth-order valence-electron chi connectivity index (χ4n) is 1.79. The van der Waals surface area contributed by atoms with Crippen LogP contribution in [0.3, 0.4) is 0 Å². The molecule has 1 saturated carbocycles. The lowest BCUT2D eigenvalue weighted by Gasteiger charge is -2.11. The molecule has 1 aliphatic carbocycles. The average molecular weight is 250 g/mol. The summed E-state index contributed by atoms with van der Waals surface area (Å²) < 4.78 is 5.72. The number of nitrogens with two attached hydrogens (primary N) is 1. The molecule has 2 aromatic rings. The summed E-state index contributed by atoms with van der Waals surface area (Å²) in [7, 11) is 0. The Hall–Kier alpha value is -1.25. The van der Waals surface area contributed by atoms with Gasteiger partial charge in [-0.25, -0.2) is 0 Å². The van der Waals surface area contributed by atoms with Crippen molar-refractivity contribution in [2.24, 2.45) is 5.73 Å². The largest absolute Gasteiger partial charge is 0.492 e. The lowest BCUT2D eigenvalue weighted by Crippen LogP contribution is -2.29. The molecule has 0 aliphatic heterocycles. The summed E-state index contributed by atoms with van der Waals surface area (Å²) in [6.07, 6.45) is 2.17. The molecule has 0 radical (unpaired) electrons. The first-order valence-electron chi connectivity index (χ1n) is 5.66. The third-order valence-electron chi connectivity index (χ3n) is 3.14. The summed E-state index contributed by atoms with van der Waals surface area (Å²) in [5, 5.41) is 2.45. The van der Waals surface area contributed by atoms with E-state index in [0.29, 0.717) is 6.61 Å². The lowest BCUT2D eigenvalue weighted by molar-refractivity contribution is 0.280. The van der Waals surface area contributed by atoms with Crippen LogP contribution in [-0.2, 0) is 0 Å². The molecule has 0 saturated heterocycles. The van der Waals surface area contributed by atoms with Crippen molar-refractivity contribution in [3.63, 3.8) is 0 Å². The SMILES string of the molecule is Cl.NC1(COc2ccc3ccccc3c2)CC1. The highest BCUT2D eigenvalue weighted by molar-refractivity contribution is 5.85. The van der Waals surface area contributed by atoms with E-state index < -0.39 is 0 Å². The molecule has 0 amide bonds. The number of ether oxygens (including phenoxy) is 1. The molecule has 0 aromatic heterocycles. The minimum Gasteiger partial charge on any atom is -0.492 e. The molecule has 17 heavy (non-hydrogen) atoms. The molecule has 3 heteroatoms. The van der Waals surface area contributed by atoms with Gasteiger partial charge in [-0.15, -0.1) is 12.4 Å². The fourth-order valence-corrected chi connectivity index (χ4v) is 1.79. The Morgan fingerprint density at radius 3 is 2.47 bits per heavy atom. The molecule has 0 spiro atoms. The highest BCUT2D eigenvalue weighted by Gasteiger charge is 2.39. The van der Waals surface area contributed by atoms with Gasteiger partial charge in [0.25, 0.3) is 0 Å². The van der Waals surface area contributed by atoms with Crippen molar-refractivity contribution in [1.82, 2.24) is 0 Å². The Labute approximate surface area is 107 Å². The smallest absolute Gasteiger partial charge is 0.120 e. The van der Waals surface area contributed by atoms with Gasteiger partial charge in [0, 0.05) is 0 Å². The molecule has 90 valence electrons. The predicted molar refractivity (Wildman–Crippen MR) is 72.8 cm³/mol. The van der Waals surface area contributed by atoms with E-state index in [0.717, 1.165) is 18.6 Å².